The number of benzene rings is 2. The average molecular weight is 387 g/mol. The molecule has 1 aliphatic rings. The number of carbonyl (C=O) groups excluding carboxylic acids is 1. The van der Waals surface area contributed by atoms with Crippen molar-refractivity contribution in [2.45, 2.75) is 13.8 Å². The lowest BCUT2D eigenvalue weighted by Gasteiger charge is -2.35. The Kier molecular flexibility index (Phi) is 5.42. The van der Waals surface area contributed by atoms with Gasteiger partial charge in [0.25, 0.3) is 5.91 Å². The minimum Gasteiger partial charge on any atom is -0.368 e. The number of rotatable bonds is 4. The largest absolute Gasteiger partial charge is 0.368 e. The highest BCUT2D eigenvalue weighted by molar-refractivity contribution is 5.92. The van der Waals surface area contributed by atoms with E-state index in [1.54, 1.807) is 12.4 Å². The third kappa shape index (κ3) is 4.37. The second kappa shape index (κ2) is 8.31. The number of anilines is 3. The summed E-state index contributed by atoms with van der Waals surface area (Å²) in [5.41, 5.74) is 4.88. The summed E-state index contributed by atoms with van der Waals surface area (Å²) in [6.45, 7) is 7.08. The summed E-state index contributed by atoms with van der Waals surface area (Å²) < 4.78 is 0. The number of hydrogen-bond acceptors (Lipinski definition) is 5. The first kappa shape index (κ1) is 18.9. The highest BCUT2D eigenvalue weighted by Crippen LogP contribution is 2.20. The van der Waals surface area contributed by atoms with Crippen LogP contribution >= 0.6 is 0 Å². The topological polar surface area (TPSA) is 61.4 Å². The fourth-order valence-electron chi connectivity index (χ4n) is 3.48. The van der Waals surface area contributed by atoms with Gasteiger partial charge in [-0.2, -0.15) is 0 Å². The first-order valence-electron chi connectivity index (χ1n) is 9.86. The van der Waals surface area contributed by atoms with Gasteiger partial charge >= 0.3 is 0 Å². The van der Waals surface area contributed by atoms with E-state index in [0.717, 1.165) is 24.3 Å². The molecule has 3 aromatic rings. The standard InChI is InChI=1S/C23H25N5O/c1-17-8-9-18(2)20(14-17)26-22-16-24-21(15-25-22)23(29)28-12-10-27(11-13-28)19-6-4-3-5-7-19/h3-9,14-16H,10-13H2,1-2H3,(H,25,26). The van der Waals surface area contributed by atoms with E-state index in [-0.39, 0.29) is 5.91 Å². The molecule has 0 radical (unpaired) electrons. The van der Waals surface area contributed by atoms with Gasteiger partial charge in [0, 0.05) is 37.6 Å². The third-order valence-electron chi connectivity index (χ3n) is 5.21. The molecule has 6 heteroatoms. The fraction of sp³-hybridized carbons (Fsp3) is 0.261. The molecule has 0 unspecified atom stereocenters. The molecule has 1 fully saturated rings. The molecule has 29 heavy (non-hydrogen) atoms. The molecule has 1 aliphatic heterocycles. The van der Waals surface area contributed by atoms with Gasteiger partial charge in [-0.3, -0.25) is 4.79 Å². The molecule has 0 spiro atoms. The minimum atomic E-state index is -0.0662. The van der Waals surface area contributed by atoms with E-state index in [1.807, 2.05) is 30.0 Å². The molecule has 0 bridgehead atoms. The molecule has 0 aliphatic carbocycles. The van der Waals surface area contributed by atoms with Gasteiger partial charge in [0.2, 0.25) is 0 Å². The van der Waals surface area contributed by atoms with Crippen LogP contribution in [0.1, 0.15) is 21.6 Å². The molecular formula is C23H25N5O. The second-order valence-corrected chi connectivity index (χ2v) is 7.35. The SMILES string of the molecule is Cc1ccc(C)c(Nc2cnc(C(=O)N3CCN(c4ccccc4)CC3)cn2)c1. The van der Waals surface area contributed by atoms with Crippen molar-refractivity contribution < 1.29 is 4.79 Å². The maximum atomic E-state index is 12.8. The first-order valence-corrected chi connectivity index (χ1v) is 9.86. The zero-order chi connectivity index (χ0) is 20.2. The summed E-state index contributed by atoms with van der Waals surface area (Å²) in [5.74, 6) is 0.563. The maximum Gasteiger partial charge on any atom is 0.274 e. The molecule has 4 rings (SSSR count). The molecule has 2 heterocycles. The molecule has 2 aromatic carbocycles. The molecule has 148 valence electrons. The summed E-state index contributed by atoms with van der Waals surface area (Å²) in [6, 6.07) is 16.5. The lowest BCUT2D eigenvalue weighted by molar-refractivity contribution is 0.0740. The van der Waals surface area contributed by atoms with Crippen LogP contribution in [0.3, 0.4) is 0 Å². The molecule has 1 N–H and O–H groups in total. The Balaban J connectivity index is 1.38. The number of nitrogens with one attached hydrogen (secondary N) is 1. The van der Waals surface area contributed by atoms with E-state index in [4.69, 9.17) is 0 Å². The van der Waals surface area contributed by atoms with E-state index in [9.17, 15) is 4.79 Å². The number of para-hydroxylation sites is 1. The monoisotopic (exact) mass is 387 g/mol. The van der Waals surface area contributed by atoms with E-state index in [1.165, 1.54) is 11.3 Å². The van der Waals surface area contributed by atoms with Crippen molar-refractivity contribution in [1.82, 2.24) is 14.9 Å². The van der Waals surface area contributed by atoms with Crippen LogP contribution < -0.4 is 10.2 Å². The van der Waals surface area contributed by atoms with Crippen molar-refractivity contribution in [2.24, 2.45) is 0 Å². The zero-order valence-corrected chi connectivity index (χ0v) is 16.8. The number of aromatic nitrogens is 2. The van der Waals surface area contributed by atoms with Crippen molar-refractivity contribution in [3.8, 4) is 0 Å². The number of aryl methyl sites for hydroxylation is 2. The Labute approximate surface area is 171 Å². The number of carbonyl (C=O) groups is 1. The molecular weight excluding hydrogens is 362 g/mol. The van der Waals surface area contributed by atoms with Crippen LogP contribution in [0.5, 0.6) is 0 Å². The Bertz CT molecular complexity index is 980. The van der Waals surface area contributed by atoms with Crippen LogP contribution in [0.2, 0.25) is 0 Å². The summed E-state index contributed by atoms with van der Waals surface area (Å²) in [6.07, 6.45) is 3.18. The molecule has 0 atom stereocenters. The van der Waals surface area contributed by atoms with E-state index >= 15 is 0 Å². The van der Waals surface area contributed by atoms with Crippen LogP contribution in [-0.4, -0.2) is 47.0 Å². The van der Waals surface area contributed by atoms with Gasteiger partial charge in [0.1, 0.15) is 11.5 Å². The quantitative estimate of drug-likeness (QED) is 0.738. The molecule has 0 saturated carbocycles. The summed E-state index contributed by atoms with van der Waals surface area (Å²) >= 11 is 0. The van der Waals surface area contributed by atoms with E-state index in [2.05, 4.69) is 57.4 Å². The van der Waals surface area contributed by atoms with Gasteiger partial charge in [0.05, 0.1) is 12.4 Å². The number of hydrogen-bond donors (Lipinski definition) is 1. The second-order valence-electron chi connectivity index (χ2n) is 7.35. The van der Waals surface area contributed by atoms with Crippen LogP contribution in [0, 0.1) is 13.8 Å². The average Bonchev–Trinajstić information content (AvgIpc) is 2.77. The predicted molar refractivity (Wildman–Crippen MR) is 116 cm³/mol. The molecule has 1 amide bonds. The van der Waals surface area contributed by atoms with Crippen molar-refractivity contribution in [3.05, 3.63) is 77.7 Å². The van der Waals surface area contributed by atoms with E-state index in [0.29, 0.717) is 24.6 Å². The van der Waals surface area contributed by atoms with Crippen molar-refractivity contribution >= 4 is 23.1 Å². The van der Waals surface area contributed by atoms with Crippen molar-refractivity contribution in [2.75, 3.05) is 36.4 Å². The smallest absolute Gasteiger partial charge is 0.274 e. The lowest BCUT2D eigenvalue weighted by Crippen LogP contribution is -2.49. The summed E-state index contributed by atoms with van der Waals surface area (Å²) in [5, 5.41) is 3.28. The molecule has 6 nitrogen and oxygen atoms in total. The summed E-state index contributed by atoms with van der Waals surface area (Å²) in [4.78, 5) is 25.7. The first-order chi connectivity index (χ1) is 14.1. The molecule has 1 aromatic heterocycles. The lowest BCUT2D eigenvalue weighted by atomic mass is 10.1. The Morgan fingerprint density at radius 2 is 1.69 bits per heavy atom. The van der Waals surface area contributed by atoms with Crippen LogP contribution in [0.25, 0.3) is 0 Å². The number of piperazine rings is 1. The normalized spacial score (nSPS) is 14.0. The van der Waals surface area contributed by atoms with Crippen LogP contribution in [0.15, 0.2) is 60.9 Å². The third-order valence-corrected chi connectivity index (χ3v) is 5.21. The maximum absolute atomic E-state index is 12.8. The van der Waals surface area contributed by atoms with Crippen molar-refractivity contribution in [1.29, 1.82) is 0 Å². The van der Waals surface area contributed by atoms with Gasteiger partial charge in [-0.05, 0) is 43.2 Å². The van der Waals surface area contributed by atoms with Crippen LogP contribution in [-0.2, 0) is 0 Å². The number of nitrogens with zero attached hydrogens (tertiary/aromatic N) is 4. The Hall–Kier alpha value is -3.41. The van der Waals surface area contributed by atoms with Crippen LogP contribution in [0.4, 0.5) is 17.2 Å². The highest BCUT2D eigenvalue weighted by Gasteiger charge is 2.23. The fourth-order valence-corrected chi connectivity index (χ4v) is 3.48. The number of amides is 1. The molecule has 1 saturated heterocycles. The summed E-state index contributed by atoms with van der Waals surface area (Å²) in [7, 11) is 0. The Morgan fingerprint density at radius 1 is 0.931 bits per heavy atom. The van der Waals surface area contributed by atoms with Gasteiger partial charge in [0.15, 0.2) is 0 Å². The minimum absolute atomic E-state index is 0.0662. The van der Waals surface area contributed by atoms with Crippen molar-refractivity contribution in [3.63, 3.8) is 0 Å². The van der Waals surface area contributed by atoms with Gasteiger partial charge in [-0.1, -0.05) is 30.3 Å². The highest BCUT2D eigenvalue weighted by atomic mass is 16.2. The predicted octanol–water partition coefficient (Wildman–Crippen LogP) is 3.80. The zero-order valence-electron chi connectivity index (χ0n) is 16.8. The van der Waals surface area contributed by atoms with Gasteiger partial charge < -0.3 is 15.1 Å². The van der Waals surface area contributed by atoms with Gasteiger partial charge in [-0.25, -0.2) is 9.97 Å². The van der Waals surface area contributed by atoms with Gasteiger partial charge in [-0.15, -0.1) is 0 Å². The Morgan fingerprint density at radius 3 is 2.38 bits per heavy atom. The van der Waals surface area contributed by atoms with E-state index < -0.39 is 0 Å².